The van der Waals surface area contributed by atoms with Crippen molar-refractivity contribution in [2.75, 3.05) is 11.9 Å². The zero-order valence-electron chi connectivity index (χ0n) is 21.2. The van der Waals surface area contributed by atoms with Gasteiger partial charge in [0.15, 0.2) is 0 Å². The topological polar surface area (TPSA) is 12.0 Å². The maximum atomic E-state index is 3.51. The van der Waals surface area contributed by atoms with Crippen molar-refractivity contribution in [1.82, 2.24) is 0 Å². The van der Waals surface area contributed by atoms with Crippen LogP contribution < -0.4 is 5.32 Å². The summed E-state index contributed by atoms with van der Waals surface area (Å²) in [6.45, 7) is 3.42. The van der Waals surface area contributed by atoms with Crippen LogP contribution in [0, 0.1) is 0 Å². The third-order valence-corrected chi connectivity index (χ3v) is 6.63. The zero-order chi connectivity index (χ0) is 22.1. The second-order valence-electron chi connectivity index (χ2n) is 9.72. The molecule has 1 aromatic rings. The van der Waals surface area contributed by atoms with Crippen LogP contribution >= 0.6 is 0 Å². The molecule has 0 aliphatic heterocycles. The van der Waals surface area contributed by atoms with Crippen LogP contribution in [0.3, 0.4) is 0 Å². The minimum Gasteiger partial charge on any atom is -0.385 e. The second kappa shape index (κ2) is 23.7. The Morgan fingerprint density at radius 3 is 1.10 bits per heavy atom. The lowest BCUT2D eigenvalue weighted by atomic mass is 10.0. The van der Waals surface area contributed by atoms with E-state index in [-0.39, 0.29) is 0 Å². The maximum Gasteiger partial charge on any atom is 0.0340 e. The largest absolute Gasteiger partial charge is 0.385 e. The lowest BCUT2D eigenvalue weighted by molar-refractivity contribution is 0.519. The normalized spacial score (nSPS) is 11.1. The number of hydrogen-bond acceptors (Lipinski definition) is 1. The number of unbranched alkanes of at least 4 members (excludes halogenated alkanes) is 21. The standard InChI is InChI=1S/C30H55N/c1-2-3-4-5-6-7-8-9-10-11-12-13-14-15-16-17-18-19-20-21-22-26-29-31-30-27-24-23-25-28-30/h23-25,27-28,31H,2-22,26,29H2,1H3. The van der Waals surface area contributed by atoms with Crippen LogP contribution in [0.15, 0.2) is 30.3 Å². The first-order valence-corrected chi connectivity index (χ1v) is 14.2. The fourth-order valence-electron chi connectivity index (χ4n) is 4.52. The summed E-state index contributed by atoms with van der Waals surface area (Å²) in [5.41, 5.74) is 1.26. The summed E-state index contributed by atoms with van der Waals surface area (Å²) >= 11 is 0. The third-order valence-electron chi connectivity index (χ3n) is 6.63. The van der Waals surface area contributed by atoms with Crippen LogP contribution in [-0.2, 0) is 0 Å². The molecule has 0 fully saturated rings. The second-order valence-corrected chi connectivity index (χ2v) is 9.72. The van der Waals surface area contributed by atoms with Gasteiger partial charge in [-0.1, -0.05) is 160 Å². The lowest BCUT2D eigenvalue weighted by Gasteiger charge is -2.06. The van der Waals surface area contributed by atoms with Crippen molar-refractivity contribution in [2.45, 2.75) is 148 Å². The fraction of sp³-hybridized carbons (Fsp3) is 0.800. The summed E-state index contributed by atoms with van der Waals surface area (Å²) in [6.07, 6.45) is 31.9. The molecule has 0 radical (unpaired) electrons. The molecule has 1 heteroatoms. The summed E-state index contributed by atoms with van der Waals surface area (Å²) in [5.74, 6) is 0. The monoisotopic (exact) mass is 429 g/mol. The molecule has 0 saturated heterocycles. The van der Waals surface area contributed by atoms with Crippen molar-refractivity contribution in [1.29, 1.82) is 0 Å². The molecule has 1 N–H and O–H groups in total. The quantitative estimate of drug-likeness (QED) is 0.161. The van der Waals surface area contributed by atoms with E-state index in [0.717, 1.165) is 6.54 Å². The van der Waals surface area contributed by atoms with Gasteiger partial charge < -0.3 is 5.32 Å². The molecule has 0 heterocycles. The molecule has 0 aromatic heterocycles. The van der Waals surface area contributed by atoms with Gasteiger partial charge in [-0.05, 0) is 18.6 Å². The molecule has 1 nitrogen and oxygen atoms in total. The molecule has 1 rings (SSSR count). The molecule has 0 atom stereocenters. The van der Waals surface area contributed by atoms with Crippen molar-refractivity contribution in [3.63, 3.8) is 0 Å². The van der Waals surface area contributed by atoms with E-state index in [4.69, 9.17) is 0 Å². The van der Waals surface area contributed by atoms with E-state index in [9.17, 15) is 0 Å². The van der Waals surface area contributed by atoms with Crippen molar-refractivity contribution >= 4 is 5.69 Å². The first-order chi connectivity index (χ1) is 15.4. The summed E-state index contributed by atoms with van der Waals surface area (Å²) in [5, 5.41) is 3.51. The van der Waals surface area contributed by atoms with Crippen molar-refractivity contribution in [3.8, 4) is 0 Å². The summed E-state index contributed by atoms with van der Waals surface area (Å²) in [7, 11) is 0. The van der Waals surface area contributed by atoms with E-state index in [0.29, 0.717) is 0 Å². The summed E-state index contributed by atoms with van der Waals surface area (Å²) < 4.78 is 0. The Bertz CT molecular complexity index is 441. The van der Waals surface area contributed by atoms with E-state index < -0.39 is 0 Å². The van der Waals surface area contributed by atoms with E-state index >= 15 is 0 Å². The molecule has 0 amide bonds. The first-order valence-electron chi connectivity index (χ1n) is 14.2. The number of benzene rings is 1. The Kier molecular flexibility index (Phi) is 21.4. The number of hydrogen-bond donors (Lipinski definition) is 1. The summed E-state index contributed by atoms with van der Waals surface area (Å²) in [4.78, 5) is 0. The average molecular weight is 430 g/mol. The highest BCUT2D eigenvalue weighted by Gasteiger charge is 1.96. The first kappa shape index (κ1) is 28.1. The highest BCUT2D eigenvalue weighted by Crippen LogP contribution is 2.15. The Morgan fingerprint density at radius 2 is 0.742 bits per heavy atom. The van der Waals surface area contributed by atoms with Gasteiger partial charge in [0, 0.05) is 12.2 Å². The van der Waals surface area contributed by atoms with Gasteiger partial charge >= 0.3 is 0 Å². The zero-order valence-corrected chi connectivity index (χ0v) is 21.2. The highest BCUT2D eigenvalue weighted by atomic mass is 14.9. The van der Waals surface area contributed by atoms with Gasteiger partial charge in [-0.25, -0.2) is 0 Å². The van der Waals surface area contributed by atoms with Crippen LogP contribution in [0.5, 0.6) is 0 Å². The van der Waals surface area contributed by atoms with Gasteiger partial charge in [0.1, 0.15) is 0 Å². The smallest absolute Gasteiger partial charge is 0.0340 e. The van der Waals surface area contributed by atoms with Crippen LogP contribution in [0.1, 0.15) is 148 Å². The fourth-order valence-corrected chi connectivity index (χ4v) is 4.52. The average Bonchev–Trinajstić information content (AvgIpc) is 2.80. The van der Waals surface area contributed by atoms with Crippen LogP contribution in [0.4, 0.5) is 5.69 Å². The Labute approximate surface area is 196 Å². The van der Waals surface area contributed by atoms with Crippen molar-refractivity contribution in [2.24, 2.45) is 0 Å². The van der Waals surface area contributed by atoms with Crippen LogP contribution in [0.2, 0.25) is 0 Å². The molecule has 0 spiro atoms. The molecule has 0 saturated carbocycles. The van der Waals surface area contributed by atoms with Gasteiger partial charge in [-0.2, -0.15) is 0 Å². The minimum absolute atomic E-state index is 1.11. The Hall–Kier alpha value is -0.980. The predicted octanol–water partition coefficient (Wildman–Crippen LogP) is 10.7. The number of rotatable bonds is 24. The summed E-state index contributed by atoms with van der Waals surface area (Å²) in [6, 6.07) is 10.6. The molecular formula is C30H55N. The Morgan fingerprint density at radius 1 is 0.419 bits per heavy atom. The molecule has 1 aromatic carbocycles. The molecule has 0 unspecified atom stereocenters. The highest BCUT2D eigenvalue weighted by molar-refractivity contribution is 5.42. The number of nitrogens with one attached hydrogen (secondary N) is 1. The molecule has 0 aliphatic carbocycles. The molecule has 0 bridgehead atoms. The van der Waals surface area contributed by atoms with Gasteiger partial charge in [0.05, 0.1) is 0 Å². The van der Waals surface area contributed by atoms with E-state index in [1.54, 1.807) is 0 Å². The number of anilines is 1. The number of para-hydroxylation sites is 1. The SMILES string of the molecule is CCCCCCCCCCCCCCCCCCCCCCCCNc1ccccc1. The lowest BCUT2D eigenvalue weighted by Crippen LogP contribution is -2.00. The van der Waals surface area contributed by atoms with Crippen molar-refractivity contribution in [3.05, 3.63) is 30.3 Å². The van der Waals surface area contributed by atoms with E-state index in [1.807, 2.05) is 0 Å². The van der Waals surface area contributed by atoms with E-state index in [2.05, 4.69) is 42.6 Å². The van der Waals surface area contributed by atoms with Gasteiger partial charge in [-0.3, -0.25) is 0 Å². The molecule has 0 aliphatic rings. The molecule has 180 valence electrons. The minimum atomic E-state index is 1.11. The molecule has 31 heavy (non-hydrogen) atoms. The van der Waals surface area contributed by atoms with Gasteiger partial charge in [0.2, 0.25) is 0 Å². The predicted molar refractivity (Wildman–Crippen MR) is 142 cm³/mol. The third kappa shape index (κ3) is 20.7. The van der Waals surface area contributed by atoms with Crippen LogP contribution in [0.25, 0.3) is 0 Å². The van der Waals surface area contributed by atoms with Crippen molar-refractivity contribution < 1.29 is 0 Å². The molecular weight excluding hydrogens is 374 g/mol. The van der Waals surface area contributed by atoms with Crippen LogP contribution in [-0.4, -0.2) is 6.54 Å². The van der Waals surface area contributed by atoms with Gasteiger partial charge in [0.25, 0.3) is 0 Å². The Balaban J connectivity index is 1.65. The van der Waals surface area contributed by atoms with E-state index in [1.165, 1.54) is 147 Å². The maximum absolute atomic E-state index is 3.51. The van der Waals surface area contributed by atoms with Gasteiger partial charge in [-0.15, -0.1) is 0 Å².